The van der Waals surface area contributed by atoms with Crippen molar-refractivity contribution in [3.05, 3.63) is 35.9 Å². The molecule has 1 aliphatic rings. The third-order valence-corrected chi connectivity index (χ3v) is 5.86. The molecule has 0 saturated heterocycles. The van der Waals surface area contributed by atoms with Crippen LogP contribution in [0.1, 0.15) is 72.9 Å². The van der Waals surface area contributed by atoms with Gasteiger partial charge in [-0.05, 0) is 51.5 Å². The summed E-state index contributed by atoms with van der Waals surface area (Å²) in [4.78, 5) is 53.4. The molecule has 4 unspecified atom stereocenters. The van der Waals surface area contributed by atoms with Crippen molar-refractivity contribution in [1.82, 2.24) is 15.5 Å². The third kappa shape index (κ3) is 8.53. The summed E-state index contributed by atoms with van der Waals surface area (Å²) in [5.74, 6) is -1.18. The first-order chi connectivity index (χ1) is 16.9. The number of amides is 3. The van der Waals surface area contributed by atoms with E-state index in [1.54, 1.807) is 44.7 Å². The van der Waals surface area contributed by atoms with Crippen molar-refractivity contribution in [2.45, 2.75) is 85.0 Å². The van der Waals surface area contributed by atoms with Gasteiger partial charge in [-0.1, -0.05) is 51.1 Å². The Morgan fingerprint density at radius 3 is 2.22 bits per heavy atom. The molecule has 1 aromatic carbocycles. The molecule has 36 heavy (non-hydrogen) atoms. The maximum Gasteiger partial charge on any atom is 0.408 e. The third-order valence-electron chi connectivity index (χ3n) is 5.86. The number of alkyl carbamates (subject to hydrolysis) is 1. The fourth-order valence-corrected chi connectivity index (χ4v) is 3.97. The summed E-state index contributed by atoms with van der Waals surface area (Å²) >= 11 is 0. The van der Waals surface area contributed by atoms with E-state index < -0.39 is 35.7 Å². The predicted octanol–water partition coefficient (Wildman–Crippen LogP) is 3.58. The van der Waals surface area contributed by atoms with E-state index in [1.807, 2.05) is 39.0 Å². The van der Waals surface area contributed by atoms with E-state index in [4.69, 9.17) is 9.47 Å². The number of carbonyl (C=O) groups is 4. The molecule has 1 aliphatic carbocycles. The number of rotatable bonds is 11. The largest absolute Gasteiger partial charge is 0.466 e. The van der Waals surface area contributed by atoms with E-state index in [-0.39, 0.29) is 43.4 Å². The Balaban J connectivity index is 2.35. The molecule has 9 nitrogen and oxygen atoms in total. The molecule has 3 amide bonds. The van der Waals surface area contributed by atoms with Crippen LogP contribution in [0.2, 0.25) is 0 Å². The SMILES string of the molecule is CCOC(=O)CCNC(=O)C(c1ccccc1)N(C(=O)C(NC(=O)OC(C)(C)C)C(C)C)C1CC1C. The second-order valence-corrected chi connectivity index (χ2v) is 10.6. The molecule has 0 aromatic heterocycles. The van der Waals surface area contributed by atoms with Gasteiger partial charge in [0.2, 0.25) is 11.8 Å². The highest BCUT2D eigenvalue weighted by Gasteiger charge is 2.48. The Morgan fingerprint density at radius 1 is 1.11 bits per heavy atom. The summed E-state index contributed by atoms with van der Waals surface area (Å²) in [6, 6.07) is 7.11. The monoisotopic (exact) mass is 503 g/mol. The number of carbonyl (C=O) groups excluding carboxylic acids is 4. The maximum atomic E-state index is 14.0. The fourth-order valence-electron chi connectivity index (χ4n) is 3.97. The molecule has 0 heterocycles. The lowest BCUT2D eigenvalue weighted by atomic mass is 9.98. The molecular weight excluding hydrogens is 462 g/mol. The van der Waals surface area contributed by atoms with Crippen molar-refractivity contribution < 1.29 is 28.7 Å². The van der Waals surface area contributed by atoms with Gasteiger partial charge in [-0.2, -0.15) is 0 Å². The minimum Gasteiger partial charge on any atom is -0.466 e. The zero-order valence-corrected chi connectivity index (χ0v) is 22.5. The van der Waals surface area contributed by atoms with E-state index >= 15 is 0 Å². The Labute approximate surface area is 214 Å². The van der Waals surface area contributed by atoms with Crippen molar-refractivity contribution in [2.24, 2.45) is 11.8 Å². The first-order valence-corrected chi connectivity index (χ1v) is 12.7. The number of esters is 1. The second kappa shape index (κ2) is 12.7. The van der Waals surface area contributed by atoms with Crippen molar-refractivity contribution in [1.29, 1.82) is 0 Å². The van der Waals surface area contributed by atoms with Gasteiger partial charge < -0.3 is 25.0 Å². The fraction of sp³-hybridized carbons (Fsp3) is 0.630. The number of ether oxygens (including phenoxy) is 2. The molecule has 9 heteroatoms. The smallest absolute Gasteiger partial charge is 0.408 e. The van der Waals surface area contributed by atoms with E-state index in [0.29, 0.717) is 5.56 Å². The lowest BCUT2D eigenvalue weighted by Gasteiger charge is -2.36. The number of nitrogens with one attached hydrogen (secondary N) is 2. The van der Waals surface area contributed by atoms with Crippen molar-refractivity contribution in [3.8, 4) is 0 Å². The molecular formula is C27H41N3O6. The molecule has 4 atom stereocenters. The van der Waals surface area contributed by atoms with Crippen LogP contribution in [0.15, 0.2) is 30.3 Å². The van der Waals surface area contributed by atoms with Crippen LogP contribution in [-0.4, -0.2) is 59.6 Å². The normalized spacial score (nSPS) is 18.6. The van der Waals surface area contributed by atoms with Crippen molar-refractivity contribution >= 4 is 23.9 Å². The molecule has 2 rings (SSSR count). The first-order valence-electron chi connectivity index (χ1n) is 12.7. The average molecular weight is 504 g/mol. The van der Waals surface area contributed by atoms with Gasteiger partial charge in [0.15, 0.2) is 0 Å². The summed E-state index contributed by atoms with van der Waals surface area (Å²) in [6.07, 6.45) is 0.0973. The van der Waals surface area contributed by atoms with Gasteiger partial charge in [0.25, 0.3) is 0 Å². The Hall–Kier alpha value is -3.10. The molecule has 0 radical (unpaired) electrons. The second-order valence-electron chi connectivity index (χ2n) is 10.6. The Bertz CT molecular complexity index is 912. The minimum absolute atomic E-state index is 0.0314. The van der Waals surface area contributed by atoms with Gasteiger partial charge in [0.05, 0.1) is 13.0 Å². The van der Waals surface area contributed by atoms with Crippen LogP contribution in [0, 0.1) is 11.8 Å². The molecule has 1 saturated carbocycles. The Morgan fingerprint density at radius 2 is 1.72 bits per heavy atom. The molecule has 0 aliphatic heterocycles. The van der Waals surface area contributed by atoms with E-state index in [1.165, 1.54) is 0 Å². The van der Waals surface area contributed by atoms with Gasteiger partial charge >= 0.3 is 12.1 Å². The van der Waals surface area contributed by atoms with Gasteiger partial charge in [0.1, 0.15) is 17.7 Å². The topological polar surface area (TPSA) is 114 Å². The molecule has 1 aromatic rings. The van der Waals surface area contributed by atoms with Crippen molar-refractivity contribution in [2.75, 3.05) is 13.2 Å². The number of nitrogens with zero attached hydrogens (tertiary/aromatic N) is 1. The predicted molar refractivity (Wildman–Crippen MR) is 136 cm³/mol. The highest BCUT2D eigenvalue weighted by atomic mass is 16.6. The maximum absolute atomic E-state index is 14.0. The zero-order valence-electron chi connectivity index (χ0n) is 22.5. The van der Waals surface area contributed by atoms with Crippen LogP contribution in [0.4, 0.5) is 4.79 Å². The van der Waals surface area contributed by atoms with Crippen LogP contribution in [0.5, 0.6) is 0 Å². The van der Waals surface area contributed by atoms with E-state index in [2.05, 4.69) is 10.6 Å². The summed E-state index contributed by atoms with van der Waals surface area (Å²) in [5, 5.41) is 5.52. The average Bonchev–Trinajstić information content (AvgIpc) is 3.50. The van der Waals surface area contributed by atoms with Crippen molar-refractivity contribution in [3.63, 3.8) is 0 Å². The van der Waals surface area contributed by atoms with Crippen LogP contribution < -0.4 is 10.6 Å². The highest BCUT2D eigenvalue weighted by Crippen LogP contribution is 2.41. The molecule has 0 spiro atoms. The van der Waals surface area contributed by atoms with E-state index in [9.17, 15) is 19.2 Å². The number of benzene rings is 1. The molecule has 1 fully saturated rings. The quantitative estimate of drug-likeness (QED) is 0.446. The lowest BCUT2D eigenvalue weighted by Crippen LogP contribution is -2.55. The van der Waals surface area contributed by atoms with Gasteiger partial charge in [-0.15, -0.1) is 0 Å². The van der Waals surface area contributed by atoms with Crippen LogP contribution in [0.25, 0.3) is 0 Å². The van der Waals surface area contributed by atoms with Crippen LogP contribution in [-0.2, 0) is 23.9 Å². The Kier molecular flexibility index (Phi) is 10.3. The molecule has 2 N–H and O–H groups in total. The van der Waals surface area contributed by atoms with Gasteiger partial charge in [-0.25, -0.2) is 4.79 Å². The molecule has 0 bridgehead atoms. The number of hydrogen-bond acceptors (Lipinski definition) is 6. The zero-order chi connectivity index (χ0) is 27.0. The lowest BCUT2D eigenvalue weighted by molar-refractivity contribution is -0.145. The van der Waals surface area contributed by atoms with Gasteiger partial charge in [0, 0.05) is 12.6 Å². The minimum atomic E-state index is -0.919. The summed E-state index contributed by atoms with van der Waals surface area (Å²) in [7, 11) is 0. The molecule has 200 valence electrons. The summed E-state index contributed by atoms with van der Waals surface area (Å²) in [5.41, 5.74) is -0.0663. The van der Waals surface area contributed by atoms with Crippen LogP contribution in [0.3, 0.4) is 0 Å². The highest BCUT2D eigenvalue weighted by molar-refractivity contribution is 5.93. The van der Waals surface area contributed by atoms with Gasteiger partial charge in [-0.3, -0.25) is 14.4 Å². The van der Waals surface area contributed by atoms with E-state index in [0.717, 1.165) is 6.42 Å². The summed E-state index contributed by atoms with van der Waals surface area (Å²) < 4.78 is 10.3. The standard InChI is InChI=1S/C27H41N3O6/c1-8-35-21(31)14-15-28-24(32)23(19-12-10-9-11-13-19)30(20-16-18(20)4)25(33)22(17(2)3)29-26(34)36-27(5,6)7/h9-13,17-18,20,22-23H,8,14-16H2,1-7H3,(H,28,32)(H,29,34). The van der Waals surface area contributed by atoms with Crippen LogP contribution >= 0.6 is 0 Å². The number of hydrogen-bond donors (Lipinski definition) is 2. The first kappa shape index (κ1) is 29.1. The summed E-state index contributed by atoms with van der Waals surface area (Å²) in [6.45, 7) is 13.0.